The number of nitrogens with zero attached hydrogens (tertiary/aromatic N) is 2. The Morgan fingerprint density at radius 3 is 2.41 bits per heavy atom. The van der Waals surface area contributed by atoms with Crippen LogP contribution in [0.1, 0.15) is 16.3 Å². The number of benzene rings is 2. The van der Waals surface area contributed by atoms with E-state index in [0.717, 1.165) is 0 Å². The lowest BCUT2D eigenvalue weighted by Crippen LogP contribution is -2.31. The maximum Gasteiger partial charge on any atom is 0.285 e. The van der Waals surface area contributed by atoms with Crippen molar-refractivity contribution in [3.05, 3.63) is 75.2 Å². The van der Waals surface area contributed by atoms with E-state index in [-0.39, 0.29) is 20.6 Å². The molecule has 0 saturated carbocycles. The quantitative estimate of drug-likeness (QED) is 0.652. The molecule has 3 rings (SSSR count). The molecule has 0 aliphatic heterocycles. The van der Waals surface area contributed by atoms with Gasteiger partial charge in [-0.2, -0.15) is 0 Å². The number of aryl methyl sites for hydroxylation is 1. The monoisotopic (exact) mass is 443 g/mol. The van der Waals surface area contributed by atoms with Crippen LogP contribution in [0.2, 0.25) is 15.1 Å². The summed E-state index contributed by atoms with van der Waals surface area (Å²) in [4.78, 5) is 16.3. The molecule has 0 unspecified atom stereocenters. The average molecular weight is 445 g/mol. The molecule has 0 bridgehead atoms. The van der Waals surface area contributed by atoms with Gasteiger partial charge in [0.05, 0.1) is 20.8 Å². The van der Waals surface area contributed by atoms with Gasteiger partial charge in [0.25, 0.3) is 15.9 Å². The second-order valence-electron chi connectivity index (χ2n) is 5.48. The van der Waals surface area contributed by atoms with Gasteiger partial charge in [0.1, 0.15) is 16.4 Å². The SMILES string of the molecule is Cc1nc(C(=O)NS(=O)(=O)c2ccccc2Cl)cn1-c1cccc(Cl)c1Cl. The molecule has 0 spiro atoms. The van der Waals surface area contributed by atoms with Gasteiger partial charge >= 0.3 is 0 Å². The van der Waals surface area contributed by atoms with Crippen molar-refractivity contribution in [2.75, 3.05) is 0 Å². The first-order chi connectivity index (χ1) is 12.7. The van der Waals surface area contributed by atoms with Crippen molar-refractivity contribution in [2.45, 2.75) is 11.8 Å². The molecule has 0 radical (unpaired) electrons. The topological polar surface area (TPSA) is 81.1 Å². The summed E-state index contributed by atoms with van der Waals surface area (Å²) in [7, 11) is -4.15. The summed E-state index contributed by atoms with van der Waals surface area (Å²) in [6.07, 6.45) is 1.38. The molecule has 140 valence electrons. The van der Waals surface area contributed by atoms with E-state index in [9.17, 15) is 13.2 Å². The molecule has 1 aromatic heterocycles. The van der Waals surface area contributed by atoms with Gasteiger partial charge in [-0.15, -0.1) is 0 Å². The molecular weight excluding hydrogens is 433 g/mol. The number of sulfonamides is 1. The summed E-state index contributed by atoms with van der Waals surface area (Å²) in [5.41, 5.74) is 0.418. The van der Waals surface area contributed by atoms with E-state index in [1.54, 1.807) is 35.8 Å². The Morgan fingerprint density at radius 2 is 1.70 bits per heavy atom. The Labute approximate surface area is 170 Å². The van der Waals surface area contributed by atoms with Crippen molar-refractivity contribution in [2.24, 2.45) is 0 Å². The normalized spacial score (nSPS) is 11.4. The molecule has 27 heavy (non-hydrogen) atoms. The third-order valence-electron chi connectivity index (χ3n) is 3.66. The number of amides is 1. The average Bonchev–Trinajstić information content (AvgIpc) is 2.99. The highest BCUT2D eigenvalue weighted by molar-refractivity contribution is 7.90. The van der Waals surface area contributed by atoms with E-state index in [1.807, 2.05) is 4.72 Å². The van der Waals surface area contributed by atoms with Crippen molar-refractivity contribution in [1.82, 2.24) is 14.3 Å². The first-order valence-electron chi connectivity index (χ1n) is 7.53. The minimum absolute atomic E-state index is 0.00483. The minimum atomic E-state index is -4.15. The van der Waals surface area contributed by atoms with E-state index >= 15 is 0 Å². The Balaban J connectivity index is 1.93. The largest absolute Gasteiger partial charge is 0.302 e. The molecule has 3 aromatic rings. The van der Waals surface area contributed by atoms with Gasteiger partial charge < -0.3 is 4.57 Å². The molecule has 0 aliphatic rings. The van der Waals surface area contributed by atoms with Gasteiger partial charge in [0, 0.05) is 6.20 Å². The highest BCUT2D eigenvalue weighted by atomic mass is 35.5. The second-order valence-corrected chi connectivity index (χ2v) is 8.32. The Hall–Kier alpha value is -2.06. The first kappa shape index (κ1) is 19.7. The zero-order valence-corrected chi connectivity index (χ0v) is 16.9. The summed E-state index contributed by atoms with van der Waals surface area (Å²) in [5, 5.41) is 0.634. The van der Waals surface area contributed by atoms with E-state index < -0.39 is 15.9 Å². The molecule has 1 amide bonds. The van der Waals surface area contributed by atoms with Crippen LogP contribution in [0.3, 0.4) is 0 Å². The van der Waals surface area contributed by atoms with Crippen molar-refractivity contribution in [3.8, 4) is 5.69 Å². The first-order valence-corrected chi connectivity index (χ1v) is 10.1. The molecule has 1 heterocycles. The van der Waals surface area contributed by atoms with E-state index in [1.165, 1.54) is 24.4 Å². The van der Waals surface area contributed by atoms with E-state index in [4.69, 9.17) is 34.8 Å². The molecule has 0 fully saturated rings. The Bertz CT molecular complexity index is 1140. The minimum Gasteiger partial charge on any atom is -0.302 e. The third kappa shape index (κ3) is 3.96. The fourth-order valence-electron chi connectivity index (χ4n) is 2.40. The number of nitrogens with one attached hydrogen (secondary N) is 1. The van der Waals surface area contributed by atoms with Crippen molar-refractivity contribution in [3.63, 3.8) is 0 Å². The van der Waals surface area contributed by atoms with Crippen LogP contribution < -0.4 is 4.72 Å². The van der Waals surface area contributed by atoms with Crippen molar-refractivity contribution >= 4 is 50.7 Å². The zero-order chi connectivity index (χ0) is 19.8. The van der Waals surface area contributed by atoms with Crippen LogP contribution in [0.5, 0.6) is 0 Å². The molecule has 1 N–H and O–H groups in total. The maximum absolute atomic E-state index is 12.4. The fraction of sp³-hybridized carbons (Fsp3) is 0.0588. The third-order valence-corrected chi connectivity index (χ3v) is 6.30. The number of halogens is 3. The van der Waals surface area contributed by atoms with Gasteiger partial charge in [-0.3, -0.25) is 4.79 Å². The lowest BCUT2D eigenvalue weighted by molar-refractivity contribution is 0.0977. The summed E-state index contributed by atoms with van der Waals surface area (Å²) in [5.74, 6) is -0.464. The molecule has 0 atom stereocenters. The van der Waals surface area contributed by atoms with Gasteiger partial charge in [0.2, 0.25) is 0 Å². The fourth-order valence-corrected chi connectivity index (χ4v) is 4.26. The summed E-state index contributed by atoms with van der Waals surface area (Å²) in [6.45, 7) is 1.65. The molecule has 6 nitrogen and oxygen atoms in total. The van der Waals surface area contributed by atoms with Crippen molar-refractivity contribution < 1.29 is 13.2 Å². The number of rotatable bonds is 4. The summed E-state index contributed by atoms with van der Waals surface area (Å²) in [6, 6.07) is 10.8. The van der Waals surface area contributed by atoms with Crippen LogP contribution in [-0.2, 0) is 10.0 Å². The number of imidazole rings is 1. The highest BCUT2D eigenvalue weighted by Gasteiger charge is 2.23. The lowest BCUT2D eigenvalue weighted by atomic mass is 10.3. The zero-order valence-electron chi connectivity index (χ0n) is 13.8. The molecule has 2 aromatic carbocycles. The maximum atomic E-state index is 12.4. The smallest absolute Gasteiger partial charge is 0.285 e. The number of carbonyl (C=O) groups excluding carboxylic acids is 1. The van der Waals surface area contributed by atoms with E-state index in [2.05, 4.69) is 4.98 Å². The predicted octanol–water partition coefficient (Wildman–Crippen LogP) is 4.26. The standard InChI is InChI=1S/C17H12Cl3N3O3S/c1-10-21-13(9-23(10)14-7-4-6-12(19)16(14)20)17(24)22-27(25,26)15-8-3-2-5-11(15)18/h2-9H,1H3,(H,22,24). The van der Waals surface area contributed by atoms with Crippen LogP contribution in [0.4, 0.5) is 0 Å². The summed E-state index contributed by atoms with van der Waals surface area (Å²) >= 11 is 18.1. The number of hydrogen-bond acceptors (Lipinski definition) is 4. The molecule has 0 saturated heterocycles. The van der Waals surface area contributed by atoms with Gasteiger partial charge in [-0.25, -0.2) is 18.1 Å². The van der Waals surface area contributed by atoms with Crippen LogP contribution in [0.15, 0.2) is 53.6 Å². The van der Waals surface area contributed by atoms with Crippen LogP contribution in [0.25, 0.3) is 5.69 Å². The number of aromatic nitrogens is 2. The van der Waals surface area contributed by atoms with Crippen molar-refractivity contribution in [1.29, 1.82) is 0 Å². The Morgan fingerprint density at radius 1 is 1.04 bits per heavy atom. The van der Waals surface area contributed by atoms with Gasteiger partial charge in [-0.1, -0.05) is 53.0 Å². The van der Waals surface area contributed by atoms with E-state index in [0.29, 0.717) is 16.5 Å². The molecular formula is C17H12Cl3N3O3S. The molecule has 0 aliphatic carbocycles. The Kier molecular flexibility index (Phi) is 5.48. The highest BCUT2D eigenvalue weighted by Crippen LogP contribution is 2.29. The number of carbonyl (C=O) groups is 1. The molecule has 10 heteroatoms. The number of hydrogen-bond donors (Lipinski definition) is 1. The van der Waals surface area contributed by atoms with Crippen LogP contribution in [0, 0.1) is 6.92 Å². The van der Waals surface area contributed by atoms with Gasteiger partial charge in [0.15, 0.2) is 0 Å². The summed E-state index contributed by atoms with van der Waals surface area (Å²) < 4.78 is 28.3. The predicted molar refractivity (Wildman–Crippen MR) is 104 cm³/mol. The second kappa shape index (κ2) is 7.52. The lowest BCUT2D eigenvalue weighted by Gasteiger charge is -2.08. The van der Waals surface area contributed by atoms with Crippen LogP contribution in [-0.4, -0.2) is 23.9 Å². The van der Waals surface area contributed by atoms with Gasteiger partial charge in [-0.05, 0) is 31.2 Å². The van der Waals surface area contributed by atoms with Crippen LogP contribution >= 0.6 is 34.8 Å².